The number of imide groups is 2. The molecule has 214 valence electrons. The third-order valence-electron chi connectivity index (χ3n) is 9.13. The van der Waals surface area contributed by atoms with E-state index in [9.17, 15) is 19.2 Å². The maximum atomic E-state index is 15.0. The van der Waals surface area contributed by atoms with Crippen molar-refractivity contribution in [2.75, 3.05) is 9.80 Å². The van der Waals surface area contributed by atoms with E-state index in [-0.39, 0.29) is 6.42 Å². The van der Waals surface area contributed by atoms with Crippen molar-refractivity contribution >= 4 is 58.2 Å². The summed E-state index contributed by atoms with van der Waals surface area (Å²) in [5.74, 6) is -5.01. The number of rotatable bonds is 4. The molecule has 6 nitrogen and oxygen atoms in total. The van der Waals surface area contributed by atoms with Crippen molar-refractivity contribution in [2.45, 2.75) is 32.1 Å². The fourth-order valence-electron chi connectivity index (χ4n) is 7.20. The van der Waals surface area contributed by atoms with Crippen LogP contribution in [0.3, 0.4) is 0 Å². The van der Waals surface area contributed by atoms with Crippen LogP contribution < -0.4 is 9.80 Å². The van der Waals surface area contributed by atoms with Crippen LogP contribution in [0, 0.1) is 25.2 Å². The molecule has 4 aromatic carbocycles. The molecule has 4 atom stereocenters. The van der Waals surface area contributed by atoms with Crippen LogP contribution in [0.5, 0.6) is 0 Å². The smallest absolute Gasteiger partial charge is 0.242 e. The molecule has 0 aromatic heterocycles. The molecule has 0 spiro atoms. The van der Waals surface area contributed by atoms with Crippen molar-refractivity contribution in [2.24, 2.45) is 11.3 Å². The highest BCUT2D eigenvalue weighted by Gasteiger charge is 2.73. The lowest BCUT2D eigenvalue weighted by Gasteiger charge is -2.43. The maximum absolute atomic E-state index is 15.0. The third kappa shape index (κ3) is 4.00. The predicted molar refractivity (Wildman–Crippen MR) is 165 cm³/mol. The monoisotopic (exact) mass is 608 g/mol. The zero-order valence-electron chi connectivity index (χ0n) is 23.4. The van der Waals surface area contributed by atoms with Gasteiger partial charge in [-0.3, -0.25) is 19.2 Å². The number of halogens is 2. The quantitative estimate of drug-likeness (QED) is 0.239. The van der Waals surface area contributed by atoms with Gasteiger partial charge in [0, 0.05) is 10.0 Å². The maximum Gasteiger partial charge on any atom is 0.242 e. The van der Waals surface area contributed by atoms with Crippen LogP contribution in [0.4, 0.5) is 11.4 Å². The molecular weight excluding hydrogens is 583 g/mol. The van der Waals surface area contributed by atoms with Gasteiger partial charge in [0.2, 0.25) is 23.6 Å². The number of carbonyl (C=O) groups is 4. The minimum atomic E-state index is -1.59. The first-order valence-electron chi connectivity index (χ1n) is 14.0. The average molecular weight is 610 g/mol. The van der Waals surface area contributed by atoms with Gasteiger partial charge in [-0.25, -0.2) is 9.80 Å². The Labute approximate surface area is 258 Å². The summed E-state index contributed by atoms with van der Waals surface area (Å²) in [6, 6.07) is 26.3. The number of amides is 4. The van der Waals surface area contributed by atoms with E-state index in [0.717, 1.165) is 16.7 Å². The highest BCUT2D eigenvalue weighted by molar-refractivity contribution is 6.33. The summed E-state index contributed by atoms with van der Waals surface area (Å²) in [5.41, 5.74) is 2.97. The van der Waals surface area contributed by atoms with Gasteiger partial charge in [-0.15, -0.1) is 0 Å². The molecule has 43 heavy (non-hydrogen) atoms. The van der Waals surface area contributed by atoms with Gasteiger partial charge in [0.15, 0.2) is 0 Å². The molecule has 2 saturated heterocycles. The Morgan fingerprint density at radius 2 is 1.19 bits per heavy atom. The second-order valence-corrected chi connectivity index (χ2v) is 12.5. The average Bonchev–Trinajstić information content (AvgIpc) is 3.38. The second kappa shape index (κ2) is 9.90. The van der Waals surface area contributed by atoms with Crippen LogP contribution in [-0.4, -0.2) is 23.6 Å². The summed E-state index contributed by atoms with van der Waals surface area (Å²) in [7, 11) is 0. The van der Waals surface area contributed by atoms with Crippen molar-refractivity contribution < 1.29 is 19.2 Å². The molecule has 1 aliphatic carbocycles. The molecule has 0 radical (unpaired) electrons. The van der Waals surface area contributed by atoms with Gasteiger partial charge < -0.3 is 0 Å². The minimum absolute atomic E-state index is 0.0512. The zero-order chi connectivity index (χ0) is 30.2. The van der Waals surface area contributed by atoms with Crippen LogP contribution in [0.1, 0.15) is 39.7 Å². The molecule has 2 heterocycles. The summed E-state index contributed by atoms with van der Waals surface area (Å²) in [6.07, 6.45) is 0.0512. The van der Waals surface area contributed by atoms with Gasteiger partial charge in [0.05, 0.1) is 34.5 Å². The molecule has 0 saturated carbocycles. The van der Waals surface area contributed by atoms with Crippen LogP contribution in [0.25, 0.3) is 0 Å². The third-order valence-corrected chi connectivity index (χ3v) is 9.62. The van der Waals surface area contributed by atoms with E-state index >= 15 is 0 Å². The SMILES string of the molecule is Cc1ccc(N2C(=O)[C@@H]3c4ccc(Cl)cc4[C@@H]4C(=O)N(c5ccc(C)cc5)C(=O)[C@]4(Cc4ccc(Cl)cc4)[C@H]3C2=O)cc1. The number of nitrogens with zero attached hydrogens (tertiary/aromatic N) is 2. The van der Waals surface area contributed by atoms with Crippen LogP contribution in [-0.2, 0) is 25.6 Å². The van der Waals surface area contributed by atoms with E-state index in [1.165, 1.54) is 9.80 Å². The molecule has 3 aliphatic rings. The van der Waals surface area contributed by atoms with Crippen molar-refractivity contribution in [1.82, 2.24) is 0 Å². The first-order valence-corrected chi connectivity index (χ1v) is 14.8. The van der Waals surface area contributed by atoms with E-state index in [0.29, 0.717) is 32.5 Å². The second-order valence-electron chi connectivity index (χ2n) is 11.7. The molecule has 8 heteroatoms. The van der Waals surface area contributed by atoms with Crippen LogP contribution in [0.15, 0.2) is 91.0 Å². The summed E-state index contributed by atoms with van der Waals surface area (Å²) >= 11 is 12.7. The zero-order valence-corrected chi connectivity index (χ0v) is 24.9. The number of carbonyl (C=O) groups excluding carboxylic acids is 4. The first kappa shape index (κ1) is 27.6. The van der Waals surface area contributed by atoms with Gasteiger partial charge in [0.25, 0.3) is 0 Å². The number of aryl methyl sites for hydroxylation is 2. The van der Waals surface area contributed by atoms with E-state index in [4.69, 9.17) is 23.2 Å². The molecule has 0 N–H and O–H groups in total. The normalized spacial score (nSPS) is 24.3. The van der Waals surface area contributed by atoms with Crippen molar-refractivity contribution in [3.05, 3.63) is 129 Å². The molecule has 4 aromatic rings. The van der Waals surface area contributed by atoms with Gasteiger partial charge in [-0.2, -0.15) is 0 Å². The molecule has 2 fully saturated rings. The van der Waals surface area contributed by atoms with Crippen molar-refractivity contribution in [3.8, 4) is 0 Å². The Bertz CT molecular complexity index is 1840. The number of benzene rings is 4. The Balaban J connectivity index is 1.50. The van der Waals surface area contributed by atoms with Crippen LogP contribution >= 0.6 is 23.2 Å². The van der Waals surface area contributed by atoms with E-state index in [1.54, 1.807) is 66.7 Å². The fourth-order valence-corrected chi connectivity index (χ4v) is 7.51. The Hall–Kier alpha value is -4.26. The van der Waals surface area contributed by atoms with E-state index in [1.807, 2.05) is 38.1 Å². The molecule has 7 rings (SSSR count). The Morgan fingerprint density at radius 1 is 0.628 bits per heavy atom. The summed E-state index contributed by atoms with van der Waals surface area (Å²) in [5, 5.41) is 0.892. The van der Waals surface area contributed by atoms with Gasteiger partial charge in [-0.05, 0) is 85.5 Å². The number of hydrogen-bond acceptors (Lipinski definition) is 4. The van der Waals surface area contributed by atoms with Crippen molar-refractivity contribution in [3.63, 3.8) is 0 Å². The molecule has 2 aliphatic heterocycles. The van der Waals surface area contributed by atoms with E-state index in [2.05, 4.69) is 0 Å². The number of anilines is 2. The highest BCUT2D eigenvalue weighted by atomic mass is 35.5. The summed E-state index contributed by atoms with van der Waals surface area (Å²) < 4.78 is 0. The predicted octanol–water partition coefficient (Wildman–Crippen LogP) is 6.78. The largest absolute Gasteiger partial charge is 0.274 e. The summed E-state index contributed by atoms with van der Waals surface area (Å²) in [6.45, 7) is 3.84. The van der Waals surface area contributed by atoms with Gasteiger partial charge in [-0.1, -0.05) is 76.8 Å². The van der Waals surface area contributed by atoms with Gasteiger partial charge in [0.1, 0.15) is 0 Å². The minimum Gasteiger partial charge on any atom is -0.274 e. The first-order chi connectivity index (χ1) is 20.6. The Kier molecular flexibility index (Phi) is 6.35. The number of hydrogen-bond donors (Lipinski definition) is 0. The molecule has 0 bridgehead atoms. The molecule has 4 amide bonds. The fraction of sp³-hybridized carbons (Fsp3) is 0.200. The lowest BCUT2D eigenvalue weighted by Crippen LogP contribution is -2.51. The highest BCUT2D eigenvalue weighted by Crippen LogP contribution is 2.63. The van der Waals surface area contributed by atoms with Crippen LogP contribution in [0.2, 0.25) is 10.0 Å². The topological polar surface area (TPSA) is 74.8 Å². The number of fused-ring (bicyclic) bond motifs is 6. The summed E-state index contributed by atoms with van der Waals surface area (Å²) in [4.78, 5) is 60.9. The lowest BCUT2D eigenvalue weighted by atomic mass is 9.54. The van der Waals surface area contributed by atoms with Crippen molar-refractivity contribution in [1.29, 1.82) is 0 Å². The van der Waals surface area contributed by atoms with E-state index < -0.39 is 46.8 Å². The standard InChI is InChI=1S/C35H26Cl2N2O4/c1-19-3-12-24(13-4-19)38-31(40)28-26-16-11-23(37)17-27(26)29-32(41)39(25-14-5-20(2)6-15-25)34(43)35(29,30(28)33(38)42)18-21-7-9-22(36)10-8-21/h3-17,28-30H,18H2,1-2H3/t28-,29-,30-,35+/m1/s1. The molecule has 0 unspecified atom stereocenters. The van der Waals surface area contributed by atoms with Gasteiger partial charge >= 0.3 is 0 Å². The molecular formula is C35H26Cl2N2O4. The Morgan fingerprint density at radius 3 is 1.79 bits per heavy atom. The lowest BCUT2D eigenvalue weighted by molar-refractivity contribution is -0.138.